The van der Waals surface area contributed by atoms with Crippen LogP contribution >= 0.6 is 11.3 Å². The first-order chi connectivity index (χ1) is 10.1. The smallest absolute Gasteiger partial charge is 0.262 e. The van der Waals surface area contributed by atoms with E-state index < -0.39 is 0 Å². The van der Waals surface area contributed by atoms with Gasteiger partial charge in [-0.1, -0.05) is 30.3 Å². The minimum atomic E-state index is -0.351. The van der Waals surface area contributed by atoms with Gasteiger partial charge in [-0.15, -0.1) is 11.3 Å². The van der Waals surface area contributed by atoms with E-state index in [4.69, 9.17) is 0 Å². The standard InChI is InChI=1S/C15H13N3O2S/c1-9-16-11(8-21-9)7-12-17-14(19)13(15(20)18-12)10-5-3-2-4-6-10/h2-6,8H,7H2,1H3,(H2,17,18,19,20). The van der Waals surface area contributed by atoms with Crippen LogP contribution in [0.3, 0.4) is 0 Å². The molecule has 0 aliphatic heterocycles. The number of H-pyrrole nitrogens is 1. The van der Waals surface area contributed by atoms with Gasteiger partial charge in [0.2, 0.25) is 5.88 Å². The molecule has 3 aromatic rings. The van der Waals surface area contributed by atoms with Gasteiger partial charge in [0.25, 0.3) is 5.56 Å². The fourth-order valence-corrected chi connectivity index (χ4v) is 2.73. The molecule has 5 nitrogen and oxygen atoms in total. The second kappa shape index (κ2) is 5.49. The number of thiazole rings is 1. The van der Waals surface area contributed by atoms with E-state index in [1.54, 1.807) is 24.3 Å². The fraction of sp³-hybridized carbons (Fsp3) is 0.133. The Bertz CT molecular complexity index is 824. The lowest BCUT2D eigenvalue weighted by atomic mass is 10.1. The molecule has 2 heterocycles. The van der Waals surface area contributed by atoms with Crippen LogP contribution in [0.1, 0.15) is 16.5 Å². The number of benzene rings is 1. The molecule has 1 aromatic carbocycles. The van der Waals surface area contributed by atoms with Crippen molar-refractivity contribution in [1.29, 1.82) is 0 Å². The lowest BCUT2D eigenvalue weighted by Crippen LogP contribution is -2.14. The summed E-state index contributed by atoms with van der Waals surface area (Å²) in [6, 6.07) is 8.98. The van der Waals surface area contributed by atoms with Crippen LogP contribution in [-0.2, 0) is 6.42 Å². The summed E-state index contributed by atoms with van der Waals surface area (Å²) in [5, 5.41) is 12.9. The molecule has 0 aliphatic carbocycles. The van der Waals surface area contributed by atoms with E-state index in [2.05, 4.69) is 15.0 Å². The van der Waals surface area contributed by atoms with E-state index in [-0.39, 0.29) is 17.0 Å². The Kier molecular flexibility index (Phi) is 3.53. The Morgan fingerprint density at radius 2 is 2.00 bits per heavy atom. The van der Waals surface area contributed by atoms with E-state index >= 15 is 0 Å². The van der Waals surface area contributed by atoms with Crippen molar-refractivity contribution in [3.05, 3.63) is 62.6 Å². The summed E-state index contributed by atoms with van der Waals surface area (Å²) in [5.74, 6) is 0.148. The number of rotatable bonds is 3. The zero-order valence-electron chi connectivity index (χ0n) is 11.3. The van der Waals surface area contributed by atoms with Gasteiger partial charge in [0.05, 0.1) is 10.7 Å². The number of aromatic nitrogens is 3. The van der Waals surface area contributed by atoms with Crippen LogP contribution in [0.2, 0.25) is 0 Å². The van der Waals surface area contributed by atoms with Crippen molar-refractivity contribution >= 4 is 11.3 Å². The van der Waals surface area contributed by atoms with Crippen molar-refractivity contribution in [2.75, 3.05) is 0 Å². The molecule has 6 heteroatoms. The molecule has 0 amide bonds. The molecule has 0 spiro atoms. The SMILES string of the molecule is Cc1nc(Cc2nc(O)c(-c3ccccc3)c(=O)[nH]2)cs1. The van der Waals surface area contributed by atoms with Crippen molar-refractivity contribution in [2.45, 2.75) is 13.3 Å². The molecule has 2 N–H and O–H groups in total. The molecule has 2 aromatic heterocycles. The minimum absolute atomic E-state index is 0.189. The van der Waals surface area contributed by atoms with E-state index in [1.165, 1.54) is 11.3 Å². The van der Waals surface area contributed by atoms with Crippen LogP contribution < -0.4 is 5.56 Å². The second-order valence-corrected chi connectivity index (χ2v) is 5.67. The molecule has 0 unspecified atom stereocenters. The molecule has 106 valence electrons. The number of nitrogens with one attached hydrogen (secondary N) is 1. The van der Waals surface area contributed by atoms with Gasteiger partial charge in [-0.2, -0.15) is 4.98 Å². The van der Waals surface area contributed by atoms with Crippen LogP contribution in [0.4, 0.5) is 0 Å². The highest BCUT2D eigenvalue weighted by molar-refractivity contribution is 7.09. The van der Waals surface area contributed by atoms with Crippen molar-refractivity contribution < 1.29 is 5.11 Å². The van der Waals surface area contributed by atoms with Crippen LogP contribution in [0.5, 0.6) is 5.88 Å². The number of aromatic hydroxyl groups is 1. The van der Waals surface area contributed by atoms with E-state index in [0.717, 1.165) is 10.7 Å². The van der Waals surface area contributed by atoms with Crippen LogP contribution in [0, 0.1) is 6.92 Å². The maximum atomic E-state index is 12.2. The van der Waals surface area contributed by atoms with Gasteiger partial charge in [0.1, 0.15) is 11.4 Å². The maximum absolute atomic E-state index is 12.2. The van der Waals surface area contributed by atoms with Gasteiger partial charge in [-0.05, 0) is 12.5 Å². The van der Waals surface area contributed by atoms with Gasteiger partial charge in [0, 0.05) is 11.8 Å². The highest BCUT2D eigenvalue weighted by atomic mass is 32.1. The molecule has 3 rings (SSSR count). The number of aromatic amines is 1. The van der Waals surface area contributed by atoms with Crippen LogP contribution in [-0.4, -0.2) is 20.1 Å². The topological polar surface area (TPSA) is 78.9 Å². The molecule has 21 heavy (non-hydrogen) atoms. The number of aryl methyl sites for hydroxylation is 1. The average molecular weight is 299 g/mol. The maximum Gasteiger partial charge on any atom is 0.262 e. The highest BCUT2D eigenvalue weighted by Gasteiger charge is 2.13. The predicted octanol–water partition coefficient (Wildman–Crippen LogP) is 2.50. The van der Waals surface area contributed by atoms with Crippen molar-refractivity contribution in [2.24, 2.45) is 0 Å². The molecule has 0 atom stereocenters. The zero-order valence-corrected chi connectivity index (χ0v) is 12.1. The van der Waals surface area contributed by atoms with Gasteiger partial charge in [0.15, 0.2) is 0 Å². The summed E-state index contributed by atoms with van der Waals surface area (Å²) in [7, 11) is 0. The Labute approximate surface area is 125 Å². The summed E-state index contributed by atoms with van der Waals surface area (Å²) < 4.78 is 0. The predicted molar refractivity (Wildman–Crippen MR) is 81.6 cm³/mol. The largest absolute Gasteiger partial charge is 0.493 e. The first kappa shape index (κ1) is 13.5. The Balaban J connectivity index is 1.98. The van der Waals surface area contributed by atoms with Crippen molar-refractivity contribution in [3.63, 3.8) is 0 Å². The average Bonchev–Trinajstić information content (AvgIpc) is 2.84. The lowest BCUT2D eigenvalue weighted by molar-refractivity contribution is 0.450. The van der Waals surface area contributed by atoms with Crippen molar-refractivity contribution in [1.82, 2.24) is 15.0 Å². The van der Waals surface area contributed by atoms with E-state index in [0.29, 0.717) is 17.8 Å². The first-order valence-corrected chi connectivity index (χ1v) is 7.30. The van der Waals surface area contributed by atoms with Gasteiger partial charge < -0.3 is 10.1 Å². The van der Waals surface area contributed by atoms with Gasteiger partial charge in [-0.25, -0.2) is 4.98 Å². The van der Waals surface area contributed by atoms with Crippen LogP contribution in [0.15, 0.2) is 40.5 Å². The molecule has 0 bridgehead atoms. The van der Waals surface area contributed by atoms with E-state index in [1.807, 2.05) is 18.4 Å². The quantitative estimate of drug-likeness (QED) is 0.779. The third kappa shape index (κ3) is 2.85. The molecular weight excluding hydrogens is 286 g/mol. The number of hydrogen-bond donors (Lipinski definition) is 2. The van der Waals surface area contributed by atoms with E-state index in [9.17, 15) is 9.90 Å². The lowest BCUT2D eigenvalue weighted by Gasteiger charge is -2.05. The summed E-state index contributed by atoms with van der Waals surface area (Å²) in [6.07, 6.45) is 0.391. The minimum Gasteiger partial charge on any atom is -0.493 e. The summed E-state index contributed by atoms with van der Waals surface area (Å²) in [6.45, 7) is 1.92. The van der Waals surface area contributed by atoms with Gasteiger partial charge in [-0.3, -0.25) is 4.79 Å². The fourth-order valence-electron chi connectivity index (χ4n) is 2.12. The zero-order chi connectivity index (χ0) is 14.8. The third-order valence-corrected chi connectivity index (χ3v) is 3.85. The van der Waals surface area contributed by atoms with Crippen LogP contribution in [0.25, 0.3) is 11.1 Å². The molecule has 0 saturated carbocycles. The highest BCUT2D eigenvalue weighted by Crippen LogP contribution is 2.23. The summed E-state index contributed by atoms with van der Waals surface area (Å²) in [5.41, 5.74) is 1.30. The Morgan fingerprint density at radius 3 is 2.62 bits per heavy atom. The normalized spacial score (nSPS) is 10.7. The third-order valence-electron chi connectivity index (χ3n) is 3.03. The summed E-state index contributed by atoms with van der Waals surface area (Å²) in [4.78, 5) is 23.3. The molecule has 0 saturated heterocycles. The molecule has 0 aliphatic rings. The molecule has 0 radical (unpaired) electrons. The first-order valence-electron chi connectivity index (χ1n) is 6.42. The van der Waals surface area contributed by atoms with Crippen molar-refractivity contribution in [3.8, 4) is 17.0 Å². The Morgan fingerprint density at radius 1 is 1.24 bits per heavy atom. The number of nitrogens with zero attached hydrogens (tertiary/aromatic N) is 2. The monoisotopic (exact) mass is 299 g/mol. The number of hydrogen-bond acceptors (Lipinski definition) is 5. The molecule has 0 fully saturated rings. The molecular formula is C15H13N3O2S. The Hall–Kier alpha value is -2.47. The second-order valence-electron chi connectivity index (χ2n) is 4.61. The summed E-state index contributed by atoms with van der Waals surface area (Å²) >= 11 is 1.54. The van der Waals surface area contributed by atoms with Gasteiger partial charge >= 0.3 is 0 Å².